The molecule has 2 aromatic heterocycles. The van der Waals surface area contributed by atoms with Gasteiger partial charge in [0, 0.05) is 18.0 Å². The van der Waals surface area contributed by atoms with Crippen molar-refractivity contribution in [2.45, 2.75) is 6.92 Å². The van der Waals surface area contributed by atoms with E-state index in [-0.39, 0.29) is 11.8 Å². The molecular formula is C17H13ClN4O2S. The van der Waals surface area contributed by atoms with Gasteiger partial charge in [-0.1, -0.05) is 29.0 Å². The van der Waals surface area contributed by atoms with E-state index in [1.54, 1.807) is 24.3 Å². The number of amides is 2. The lowest BCUT2D eigenvalue weighted by Gasteiger charge is -2.06. The average molecular weight is 373 g/mol. The SMILES string of the molecule is Cc1ccc(Cl)c(NC(=O)c2cnc(NC(=O)c3ccncc3)s2)c1. The molecule has 2 N–H and O–H groups in total. The summed E-state index contributed by atoms with van der Waals surface area (Å²) in [6.07, 6.45) is 4.47. The van der Waals surface area contributed by atoms with Crippen molar-refractivity contribution in [1.29, 1.82) is 0 Å². The zero-order valence-corrected chi connectivity index (χ0v) is 14.7. The van der Waals surface area contributed by atoms with E-state index in [1.165, 1.54) is 18.6 Å². The second-order valence-electron chi connectivity index (χ2n) is 5.16. The van der Waals surface area contributed by atoms with Gasteiger partial charge in [-0.3, -0.25) is 19.9 Å². The average Bonchev–Trinajstić information content (AvgIpc) is 3.07. The number of nitrogens with one attached hydrogen (secondary N) is 2. The first-order chi connectivity index (χ1) is 12.0. The largest absolute Gasteiger partial charge is 0.320 e. The third kappa shape index (κ3) is 4.20. The lowest BCUT2D eigenvalue weighted by Crippen LogP contribution is -2.11. The Hall–Kier alpha value is -2.77. The Morgan fingerprint density at radius 3 is 2.60 bits per heavy atom. The van der Waals surface area contributed by atoms with E-state index < -0.39 is 0 Å². The molecule has 0 aliphatic carbocycles. The second-order valence-corrected chi connectivity index (χ2v) is 6.59. The quantitative estimate of drug-likeness (QED) is 0.724. The summed E-state index contributed by atoms with van der Waals surface area (Å²) in [5.74, 6) is -0.653. The molecule has 0 unspecified atom stereocenters. The van der Waals surface area contributed by atoms with Crippen molar-refractivity contribution in [3.8, 4) is 0 Å². The highest BCUT2D eigenvalue weighted by atomic mass is 35.5. The Labute approximate surface area is 152 Å². The number of thiazole rings is 1. The zero-order chi connectivity index (χ0) is 17.8. The summed E-state index contributed by atoms with van der Waals surface area (Å²) in [6.45, 7) is 1.91. The maximum Gasteiger partial charge on any atom is 0.267 e. The van der Waals surface area contributed by atoms with Crippen LogP contribution in [0.1, 0.15) is 25.6 Å². The van der Waals surface area contributed by atoms with E-state index in [0.29, 0.717) is 26.3 Å². The summed E-state index contributed by atoms with van der Waals surface area (Å²) in [5.41, 5.74) is 1.97. The molecule has 0 bridgehead atoms. The third-order valence-corrected chi connectivity index (χ3v) is 4.50. The summed E-state index contributed by atoms with van der Waals surface area (Å²) in [5, 5.41) is 6.19. The number of aryl methyl sites for hydroxylation is 1. The molecule has 8 heteroatoms. The highest BCUT2D eigenvalue weighted by Crippen LogP contribution is 2.25. The smallest absolute Gasteiger partial charge is 0.267 e. The number of carbonyl (C=O) groups excluding carboxylic acids is 2. The molecule has 1 aromatic carbocycles. The van der Waals surface area contributed by atoms with Crippen LogP contribution in [0.25, 0.3) is 0 Å². The predicted molar refractivity (Wildman–Crippen MR) is 98.4 cm³/mol. The van der Waals surface area contributed by atoms with Crippen molar-refractivity contribution in [3.05, 3.63) is 69.9 Å². The minimum atomic E-state index is -0.339. The molecule has 0 aliphatic rings. The van der Waals surface area contributed by atoms with Crippen LogP contribution in [0, 0.1) is 6.92 Å². The van der Waals surface area contributed by atoms with Crippen LogP contribution in [0.2, 0.25) is 5.02 Å². The van der Waals surface area contributed by atoms with Gasteiger partial charge in [-0.25, -0.2) is 4.98 Å². The number of benzene rings is 1. The number of anilines is 2. The molecule has 0 aliphatic heterocycles. The molecule has 2 amide bonds. The fourth-order valence-corrected chi connectivity index (χ4v) is 2.90. The number of nitrogens with zero attached hydrogens (tertiary/aromatic N) is 2. The van der Waals surface area contributed by atoms with E-state index in [0.717, 1.165) is 16.9 Å². The molecule has 25 heavy (non-hydrogen) atoms. The molecule has 126 valence electrons. The van der Waals surface area contributed by atoms with Gasteiger partial charge in [0.1, 0.15) is 4.88 Å². The summed E-state index contributed by atoms with van der Waals surface area (Å²) >= 11 is 7.16. The summed E-state index contributed by atoms with van der Waals surface area (Å²) in [7, 11) is 0. The van der Waals surface area contributed by atoms with Gasteiger partial charge in [0.25, 0.3) is 11.8 Å². The normalized spacial score (nSPS) is 10.3. The van der Waals surface area contributed by atoms with Crippen LogP contribution in [0.3, 0.4) is 0 Å². The Kier molecular flexibility index (Phi) is 5.06. The van der Waals surface area contributed by atoms with Gasteiger partial charge >= 0.3 is 0 Å². The minimum absolute atomic E-state index is 0.314. The van der Waals surface area contributed by atoms with Gasteiger partial charge in [0.2, 0.25) is 0 Å². The maximum absolute atomic E-state index is 12.3. The number of halogens is 1. The predicted octanol–water partition coefficient (Wildman–Crippen LogP) is 4.00. The summed E-state index contributed by atoms with van der Waals surface area (Å²) < 4.78 is 0. The Morgan fingerprint density at radius 1 is 1.08 bits per heavy atom. The van der Waals surface area contributed by atoms with Crippen molar-refractivity contribution in [2.24, 2.45) is 0 Å². The molecule has 0 saturated carbocycles. The number of aromatic nitrogens is 2. The van der Waals surface area contributed by atoms with Crippen molar-refractivity contribution < 1.29 is 9.59 Å². The number of rotatable bonds is 4. The van der Waals surface area contributed by atoms with Crippen LogP contribution < -0.4 is 10.6 Å². The molecule has 0 atom stereocenters. The van der Waals surface area contributed by atoms with Crippen LogP contribution in [0.5, 0.6) is 0 Å². The van der Waals surface area contributed by atoms with Crippen LogP contribution in [0.4, 0.5) is 10.8 Å². The maximum atomic E-state index is 12.3. The number of hydrogen-bond donors (Lipinski definition) is 2. The van der Waals surface area contributed by atoms with E-state index in [4.69, 9.17) is 11.6 Å². The molecule has 2 heterocycles. The van der Waals surface area contributed by atoms with Crippen molar-refractivity contribution in [2.75, 3.05) is 10.6 Å². The van der Waals surface area contributed by atoms with Gasteiger partial charge < -0.3 is 5.32 Å². The van der Waals surface area contributed by atoms with Gasteiger partial charge in [-0.2, -0.15) is 0 Å². The first-order valence-electron chi connectivity index (χ1n) is 7.27. The van der Waals surface area contributed by atoms with Crippen molar-refractivity contribution in [1.82, 2.24) is 9.97 Å². The molecule has 0 saturated heterocycles. The highest BCUT2D eigenvalue weighted by molar-refractivity contribution is 7.17. The summed E-state index contributed by atoms with van der Waals surface area (Å²) in [4.78, 5) is 32.7. The Bertz CT molecular complexity index is 927. The van der Waals surface area contributed by atoms with Crippen LogP contribution in [-0.2, 0) is 0 Å². The van der Waals surface area contributed by atoms with Gasteiger partial charge in [-0.15, -0.1) is 0 Å². The molecule has 3 aromatic rings. The number of carbonyl (C=O) groups is 2. The van der Waals surface area contributed by atoms with E-state index in [2.05, 4.69) is 20.6 Å². The molecule has 0 spiro atoms. The monoisotopic (exact) mass is 372 g/mol. The van der Waals surface area contributed by atoms with Gasteiger partial charge in [-0.05, 0) is 36.8 Å². The van der Waals surface area contributed by atoms with Gasteiger partial charge in [0.05, 0.1) is 16.9 Å². The zero-order valence-electron chi connectivity index (χ0n) is 13.1. The fourth-order valence-electron chi connectivity index (χ4n) is 2.03. The second kappa shape index (κ2) is 7.42. The van der Waals surface area contributed by atoms with Crippen LogP contribution >= 0.6 is 22.9 Å². The number of hydrogen-bond acceptors (Lipinski definition) is 5. The van der Waals surface area contributed by atoms with Gasteiger partial charge in [0.15, 0.2) is 5.13 Å². The molecule has 6 nitrogen and oxygen atoms in total. The fraction of sp³-hybridized carbons (Fsp3) is 0.0588. The first kappa shape index (κ1) is 17.1. The van der Waals surface area contributed by atoms with Crippen molar-refractivity contribution >= 4 is 45.6 Å². The lowest BCUT2D eigenvalue weighted by molar-refractivity contribution is 0.102. The molecule has 0 radical (unpaired) electrons. The summed E-state index contributed by atoms with van der Waals surface area (Å²) in [6, 6.07) is 8.55. The standard InChI is InChI=1S/C17H13ClN4O2S/c1-10-2-3-12(18)13(8-10)21-16(24)14-9-20-17(25-14)22-15(23)11-4-6-19-7-5-11/h2-9H,1H3,(H,21,24)(H,20,22,23). The van der Waals surface area contributed by atoms with Crippen LogP contribution in [-0.4, -0.2) is 21.8 Å². The lowest BCUT2D eigenvalue weighted by atomic mass is 10.2. The van der Waals surface area contributed by atoms with E-state index in [9.17, 15) is 9.59 Å². The Balaban J connectivity index is 1.69. The first-order valence-corrected chi connectivity index (χ1v) is 8.47. The Morgan fingerprint density at radius 2 is 1.84 bits per heavy atom. The molecular weight excluding hydrogens is 360 g/mol. The third-order valence-electron chi connectivity index (χ3n) is 3.26. The van der Waals surface area contributed by atoms with E-state index >= 15 is 0 Å². The highest BCUT2D eigenvalue weighted by Gasteiger charge is 2.14. The van der Waals surface area contributed by atoms with Crippen LogP contribution in [0.15, 0.2) is 48.9 Å². The van der Waals surface area contributed by atoms with Crippen molar-refractivity contribution in [3.63, 3.8) is 0 Å². The topological polar surface area (TPSA) is 84.0 Å². The molecule has 3 rings (SSSR count). The van der Waals surface area contributed by atoms with E-state index in [1.807, 2.05) is 13.0 Å². The number of pyridine rings is 1. The molecule has 0 fully saturated rings. The minimum Gasteiger partial charge on any atom is -0.320 e.